The second-order valence-electron chi connectivity index (χ2n) is 6.09. The third-order valence-electron chi connectivity index (χ3n) is 4.96. The maximum absolute atomic E-state index is 13.1. The number of carbonyl (C=O) groups excluding carboxylic acids is 1. The highest BCUT2D eigenvalue weighted by atomic mass is 16.2. The van der Waals surface area contributed by atoms with E-state index in [9.17, 15) is 4.79 Å². The summed E-state index contributed by atoms with van der Waals surface area (Å²) in [6, 6.07) is 2.33. The lowest BCUT2D eigenvalue weighted by atomic mass is 9.86. The van der Waals surface area contributed by atoms with E-state index in [-0.39, 0.29) is 5.91 Å². The molecule has 5 nitrogen and oxygen atoms in total. The van der Waals surface area contributed by atoms with Crippen LogP contribution in [-0.4, -0.2) is 46.8 Å². The Morgan fingerprint density at radius 1 is 1.35 bits per heavy atom. The summed E-state index contributed by atoms with van der Waals surface area (Å²) < 4.78 is 1.89. The normalized spacial score (nSPS) is 22.9. The Balaban J connectivity index is 1.87. The number of carbonyl (C=O) groups is 1. The summed E-state index contributed by atoms with van der Waals surface area (Å²) in [5.74, 6) is 0.245. The van der Waals surface area contributed by atoms with Crippen LogP contribution in [0.3, 0.4) is 0 Å². The number of hydrogen-bond donors (Lipinski definition) is 1. The molecule has 2 aliphatic rings. The van der Waals surface area contributed by atoms with Crippen molar-refractivity contribution in [2.24, 2.45) is 0 Å². The van der Waals surface area contributed by atoms with Crippen molar-refractivity contribution in [1.82, 2.24) is 20.0 Å². The summed E-state index contributed by atoms with van der Waals surface area (Å²) >= 11 is 0. The highest BCUT2D eigenvalue weighted by molar-refractivity contribution is 5.84. The summed E-state index contributed by atoms with van der Waals surface area (Å²) in [5.41, 5.74) is -0.480. The van der Waals surface area contributed by atoms with Crippen molar-refractivity contribution in [2.75, 3.05) is 20.1 Å². The molecule has 1 amide bonds. The van der Waals surface area contributed by atoms with E-state index in [1.54, 1.807) is 6.20 Å². The molecule has 1 aliphatic heterocycles. The van der Waals surface area contributed by atoms with E-state index in [0.29, 0.717) is 6.04 Å². The van der Waals surface area contributed by atoms with Crippen LogP contribution < -0.4 is 5.32 Å². The summed E-state index contributed by atoms with van der Waals surface area (Å²) in [5, 5.41) is 7.74. The molecular formula is C15H24N4O. The standard InChI is InChI=1S/C15H24N4O/c1-18(13-5-2-3-6-13)14(20)15(7-10-16-11-8-15)19-12-4-9-17-19/h4,9,12-13,16H,2-3,5-8,10-11H2,1H3. The van der Waals surface area contributed by atoms with E-state index in [1.807, 2.05) is 28.9 Å². The fraction of sp³-hybridized carbons (Fsp3) is 0.733. The van der Waals surface area contributed by atoms with Crippen molar-refractivity contribution in [3.8, 4) is 0 Å². The minimum absolute atomic E-state index is 0.245. The second-order valence-corrected chi connectivity index (χ2v) is 6.09. The first kappa shape index (κ1) is 13.6. The van der Waals surface area contributed by atoms with Gasteiger partial charge in [-0.15, -0.1) is 0 Å². The molecule has 3 rings (SSSR count). The van der Waals surface area contributed by atoms with E-state index in [2.05, 4.69) is 10.4 Å². The molecule has 20 heavy (non-hydrogen) atoms. The van der Waals surface area contributed by atoms with Crippen LogP contribution in [0.15, 0.2) is 18.5 Å². The topological polar surface area (TPSA) is 50.2 Å². The van der Waals surface area contributed by atoms with Crippen LogP contribution in [0.1, 0.15) is 38.5 Å². The van der Waals surface area contributed by atoms with Gasteiger partial charge in [-0.3, -0.25) is 9.48 Å². The lowest BCUT2D eigenvalue weighted by Gasteiger charge is -2.40. The number of rotatable bonds is 3. The zero-order valence-electron chi connectivity index (χ0n) is 12.2. The van der Waals surface area contributed by atoms with Gasteiger partial charge in [-0.05, 0) is 44.8 Å². The highest BCUT2D eigenvalue weighted by Crippen LogP contribution is 2.32. The fourth-order valence-electron chi connectivity index (χ4n) is 3.69. The fourth-order valence-corrected chi connectivity index (χ4v) is 3.69. The van der Waals surface area contributed by atoms with E-state index >= 15 is 0 Å². The molecule has 5 heteroatoms. The number of hydrogen-bond acceptors (Lipinski definition) is 3. The Hall–Kier alpha value is -1.36. The highest BCUT2D eigenvalue weighted by Gasteiger charge is 2.45. The van der Waals surface area contributed by atoms with Gasteiger partial charge in [0.1, 0.15) is 5.54 Å². The molecular weight excluding hydrogens is 252 g/mol. The molecule has 0 atom stereocenters. The van der Waals surface area contributed by atoms with Gasteiger partial charge in [0, 0.05) is 25.5 Å². The summed E-state index contributed by atoms with van der Waals surface area (Å²) in [6.07, 6.45) is 10.1. The number of aromatic nitrogens is 2. The Labute approximate surface area is 120 Å². The summed E-state index contributed by atoms with van der Waals surface area (Å²) in [6.45, 7) is 1.76. The molecule has 1 saturated carbocycles. The van der Waals surface area contributed by atoms with Crippen LogP contribution in [0.25, 0.3) is 0 Å². The quantitative estimate of drug-likeness (QED) is 0.907. The molecule has 0 spiro atoms. The minimum atomic E-state index is -0.480. The van der Waals surface area contributed by atoms with E-state index in [4.69, 9.17) is 0 Å². The SMILES string of the molecule is CN(C(=O)C1(n2cccn2)CCNCC1)C1CCCC1. The van der Waals surface area contributed by atoms with Gasteiger partial charge in [0.05, 0.1) is 0 Å². The van der Waals surface area contributed by atoms with E-state index < -0.39 is 5.54 Å². The van der Waals surface area contributed by atoms with Gasteiger partial charge in [-0.2, -0.15) is 5.10 Å². The molecule has 0 bridgehead atoms. The number of piperidine rings is 1. The van der Waals surface area contributed by atoms with Crippen LogP contribution in [0.5, 0.6) is 0 Å². The summed E-state index contributed by atoms with van der Waals surface area (Å²) in [4.78, 5) is 15.1. The molecule has 2 heterocycles. The molecule has 110 valence electrons. The van der Waals surface area contributed by atoms with Crippen molar-refractivity contribution in [2.45, 2.75) is 50.1 Å². The Kier molecular flexibility index (Phi) is 3.78. The van der Waals surface area contributed by atoms with Gasteiger partial charge >= 0.3 is 0 Å². The average Bonchev–Trinajstić information content (AvgIpc) is 3.19. The first-order valence-electron chi connectivity index (χ1n) is 7.72. The van der Waals surface area contributed by atoms with Gasteiger partial charge in [-0.1, -0.05) is 12.8 Å². The maximum Gasteiger partial charge on any atom is 0.250 e. The van der Waals surface area contributed by atoms with Crippen LogP contribution in [-0.2, 0) is 10.3 Å². The van der Waals surface area contributed by atoms with Gasteiger partial charge in [0.2, 0.25) is 0 Å². The van der Waals surface area contributed by atoms with Crippen LogP contribution in [0.2, 0.25) is 0 Å². The predicted molar refractivity (Wildman–Crippen MR) is 77.3 cm³/mol. The van der Waals surface area contributed by atoms with Crippen LogP contribution in [0.4, 0.5) is 0 Å². The third-order valence-corrected chi connectivity index (χ3v) is 4.96. The van der Waals surface area contributed by atoms with Crippen molar-refractivity contribution >= 4 is 5.91 Å². The number of nitrogens with one attached hydrogen (secondary N) is 1. The average molecular weight is 276 g/mol. The first-order valence-corrected chi connectivity index (χ1v) is 7.72. The minimum Gasteiger partial charge on any atom is -0.341 e. The van der Waals surface area contributed by atoms with Gasteiger partial charge in [0.25, 0.3) is 5.91 Å². The molecule has 0 radical (unpaired) electrons. The largest absolute Gasteiger partial charge is 0.341 e. The van der Waals surface area contributed by atoms with E-state index in [0.717, 1.165) is 38.8 Å². The Morgan fingerprint density at radius 3 is 2.65 bits per heavy atom. The number of amides is 1. The number of likely N-dealkylation sites (N-methyl/N-ethyl adjacent to an activating group) is 1. The molecule has 1 saturated heterocycles. The lowest BCUT2D eigenvalue weighted by molar-refractivity contribution is -0.143. The Bertz CT molecular complexity index is 444. The smallest absolute Gasteiger partial charge is 0.250 e. The molecule has 1 N–H and O–H groups in total. The van der Waals surface area contributed by atoms with Crippen molar-refractivity contribution in [3.05, 3.63) is 18.5 Å². The maximum atomic E-state index is 13.1. The molecule has 1 aromatic rings. The molecule has 2 fully saturated rings. The second kappa shape index (κ2) is 5.56. The van der Waals surface area contributed by atoms with Crippen molar-refractivity contribution in [1.29, 1.82) is 0 Å². The monoisotopic (exact) mass is 276 g/mol. The van der Waals surface area contributed by atoms with Gasteiger partial charge in [-0.25, -0.2) is 0 Å². The first-order chi connectivity index (χ1) is 9.74. The molecule has 0 aromatic carbocycles. The molecule has 1 aliphatic carbocycles. The van der Waals surface area contributed by atoms with Crippen LogP contribution >= 0.6 is 0 Å². The van der Waals surface area contributed by atoms with Gasteiger partial charge < -0.3 is 10.2 Å². The van der Waals surface area contributed by atoms with Crippen LogP contribution in [0, 0.1) is 0 Å². The number of nitrogens with zero attached hydrogens (tertiary/aromatic N) is 3. The summed E-state index contributed by atoms with van der Waals surface area (Å²) in [7, 11) is 1.98. The Morgan fingerprint density at radius 2 is 2.05 bits per heavy atom. The zero-order chi connectivity index (χ0) is 14.0. The third kappa shape index (κ3) is 2.24. The van der Waals surface area contributed by atoms with Crippen molar-refractivity contribution < 1.29 is 4.79 Å². The lowest BCUT2D eigenvalue weighted by Crippen LogP contribution is -2.56. The van der Waals surface area contributed by atoms with Crippen molar-refractivity contribution in [3.63, 3.8) is 0 Å². The predicted octanol–water partition coefficient (Wildman–Crippen LogP) is 1.36. The molecule has 0 unspecified atom stereocenters. The van der Waals surface area contributed by atoms with Gasteiger partial charge in [0.15, 0.2) is 0 Å². The molecule has 1 aromatic heterocycles. The van der Waals surface area contributed by atoms with E-state index in [1.165, 1.54) is 12.8 Å². The zero-order valence-corrected chi connectivity index (χ0v) is 12.2.